The fraction of sp³-hybridized carbons (Fsp3) is 0.900. The first-order valence-electron chi connectivity index (χ1n) is 5.39. The molecule has 1 N–H and O–H groups in total. The van der Waals surface area contributed by atoms with E-state index < -0.39 is 27.1 Å². The number of carbonyl (C=O) groups excluding carboxylic acids is 1. The van der Waals surface area contributed by atoms with Crippen LogP contribution in [0.15, 0.2) is 0 Å². The number of hydrogen-bond acceptors (Lipinski definition) is 4. The number of rotatable bonds is 2. The van der Waals surface area contributed by atoms with E-state index in [9.17, 15) is 18.3 Å². The van der Waals surface area contributed by atoms with E-state index in [1.165, 1.54) is 11.8 Å². The molecule has 1 amide bonds. The number of amides is 1. The Morgan fingerprint density at radius 2 is 2.06 bits per heavy atom. The highest BCUT2D eigenvalue weighted by Gasteiger charge is 2.33. The van der Waals surface area contributed by atoms with E-state index in [1.807, 2.05) is 6.92 Å². The average Bonchev–Trinajstić information content (AvgIpc) is 2.18. The number of piperidine rings is 1. The Bertz CT molecular complexity index is 365. The molecule has 1 heterocycles. The van der Waals surface area contributed by atoms with Gasteiger partial charge in [0.2, 0.25) is 5.91 Å². The Morgan fingerprint density at radius 1 is 1.50 bits per heavy atom. The molecule has 3 atom stereocenters. The summed E-state index contributed by atoms with van der Waals surface area (Å²) in [5.41, 5.74) is 0. The van der Waals surface area contributed by atoms with Gasteiger partial charge in [-0.25, -0.2) is 8.42 Å². The first-order chi connectivity index (χ1) is 7.23. The van der Waals surface area contributed by atoms with Gasteiger partial charge in [0.05, 0.1) is 6.10 Å². The monoisotopic (exact) mass is 249 g/mol. The van der Waals surface area contributed by atoms with Crippen molar-refractivity contribution in [2.24, 2.45) is 5.92 Å². The van der Waals surface area contributed by atoms with Crippen LogP contribution < -0.4 is 0 Å². The number of aliphatic hydroxyl groups is 1. The Balaban J connectivity index is 2.69. The minimum atomic E-state index is -3.36. The summed E-state index contributed by atoms with van der Waals surface area (Å²) in [6.07, 6.45) is 1.21. The molecular formula is C10H19NO4S. The molecule has 3 unspecified atom stereocenters. The van der Waals surface area contributed by atoms with Crippen LogP contribution in [0.4, 0.5) is 0 Å². The lowest BCUT2D eigenvalue weighted by Gasteiger charge is -2.35. The molecule has 16 heavy (non-hydrogen) atoms. The number of carbonyl (C=O) groups is 1. The molecule has 0 radical (unpaired) electrons. The number of β-amino-alcohol motifs (C(OH)–C–C–N with tert-alkyl or cyclic N) is 1. The van der Waals surface area contributed by atoms with Crippen molar-refractivity contribution < 1.29 is 18.3 Å². The van der Waals surface area contributed by atoms with Gasteiger partial charge in [-0.15, -0.1) is 0 Å². The predicted molar refractivity (Wildman–Crippen MR) is 60.7 cm³/mol. The zero-order valence-corrected chi connectivity index (χ0v) is 10.7. The van der Waals surface area contributed by atoms with Gasteiger partial charge in [-0.05, 0) is 19.3 Å². The quantitative estimate of drug-likeness (QED) is 0.726. The highest BCUT2D eigenvalue weighted by atomic mass is 32.2. The van der Waals surface area contributed by atoms with E-state index in [2.05, 4.69) is 0 Å². The van der Waals surface area contributed by atoms with Gasteiger partial charge >= 0.3 is 0 Å². The number of likely N-dealkylation sites (tertiary alicyclic amines) is 1. The van der Waals surface area contributed by atoms with Crippen molar-refractivity contribution in [3.8, 4) is 0 Å². The minimum Gasteiger partial charge on any atom is -0.391 e. The number of hydrogen-bond donors (Lipinski definition) is 1. The zero-order chi connectivity index (χ0) is 12.5. The fourth-order valence-electron chi connectivity index (χ4n) is 1.69. The van der Waals surface area contributed by atoms with E-state index in [1.54, 1.807) is 0 Å². The molecule has 0 aromatic heterocycles. The molecule has 0 aromatic carbocycles. The molecule has 0 spiro atoms. The van der Waals surface area contributed by atoms with Crippen molar-refractivity contribution in [1.29, 1.82) is 0 Å². The minimum absolute atomic E-state index is 0.164. The van der Waals surface area contributed by atoms with Crippen LogP contribution >= 0.6 is 0 Å². The molecule has 1 rings (SSSR count). The fourth-order valence-corrected chi connectivity index (χ4v) is 2.20. The summed E-state index contributed by atoms with van der Waals surface area (Å²) in [4.78, 5) is 13.3. The lowest BCUT2D eigenvalue weighted by Crippen LogP contribution is -2.50. The van der Waals surface area contributed by atoms with Crippen LogP contribution in [0, 0.1) is 5.92 Å². The van der Waals surface area contributed by atoms with Gasteiger partial charge in [0.15, 0.2) is 9.84 Å². The van der Waals surface area contributed by atoms with Gasteiger partial charge in [0, 0.05) is 19.3 Å². The van der Waals surface area contributed by atoms with Crippen LogP contribution in [0.5, 0.6) is 0 Å². The van der Waals surface area contributed by atoms with Gasteiger partial charge < -0.3 is 10.0 Å². The van der Waals surface area contributed by atoms with Crippen molar-refractivity contribution in [3.63, 3.8) is 0 Å². The summed E-state index contributed by atoms with van der Waals surface area (Å²) in [5, 5.41) is 8.62. The summed E-state index contributed by atoms with van der Waals surface area (Å²) < 4.78 is 22.5. The third-order valence-corrected chi connectivity index (χ3v) is 4.71. The SMILES string of the molecule is CC1CCN(C(=O)C(C)S(C)(=O)=O)CC1O. The molecule has 0 aliphatic carbocycles. The van der Waals surface area contributed by atoms with Gasteiger partial charge in [0.1, 0.15) is 5.25 Å². The second-order valence-corrected chi connectivity index (χ2v) is 6.96. The molecule has 5 nitrogen and oxygen atoms in total. The van der Waals surface area contributed by atoms with Gasteiger partial charge in [-0.3, -0.25) is 4.79 Å². The van der Waals surface area contributed by atoms with Crippen molar-refractivity contribution in [2.45, 2.75) is 31.6 Å². The average molecular weight is 249 g/mol. The van der Waals surface area contributed by atoms with Crippen LogP contribution in [0.25, 0.3) is 0 Å². The second kappa shape index (κ2) is 4.71. The van der Waals surface area contributed by atoms with E-state index in [4.69, 9.17) is 0 Å². The maximum absolute atomic E-state index is 11.8. The molecule has 1 fully saturated rings. The molecule has 1 aliphatic rings. The van der Waals surface area contributed by atoms with E-state index >= 15 is 0 Å². The van der Waals surface area contributed by atoms with Gasteiger partial charge in [0.25, 0.3) is 0 Å². The number of sulfone groups is 1. The van der Waals surface area contributed by atoms with Crippen molar-refractivity contribution in [3.05, 3.63) is 0 Å². The lowest BCUT2D eigenvalue weighted by atomic mass is 9.96. The Morgan fingerprint density at radius 3 is 2.50 bits per heavy atom. The molecule has 6 heteroatoms. The Hall–Kier alpha value is -0.620. The zero-order valence-electron chi connectivity index (χ0n) is 9.88. The summed E-state index contributed by atoms with van der Waals surface area (Å²) in [6.45, 7) is 4.07. The maximum Gasteiger partial charge on any atom is 0.240 e. The first kappa shape index (κ1) is 13.4. The predicted octanol–water partition coefficient (Wildman–Crippen LogP) is -0.351. The highest BCUT2D eigenvalue weighted by Crippen LogP contribution is 2.18. The van der Waals surface area contributed by atoms with E-state index in [-0.39, 0.29) is 12.5 Å². The van der Waals surface area contributed by atoms with Crippen LogP contribution in [-0.2, 0) is 14.6 Å². The van der Waals surface area contributed by atoms with Crippen LogP contribution in [0.1, 0.15) is 20.3 Å². The number of nitrogens with zero attached hydrogens (tertiary/aromatic N) is 1. The molecule has 0 aromatic rings. The Labute approximate surface area is 96.4 Å². The van der Waals surface area contributed by atoms with Gasteiger partial charge in [-0.1, -0.05) is 6.92 Å². The Kier molecular flexibility index (Phi) is 3.96. The van der Waals surface area contributed by atoms with Crippen molar-refractivity contribution in [1.82, 2.24) is 4.90 Å². The smallest absolute Gasteiger partial charge is 0.240 e. The second-order valence-electron chi connectivity index (χ2n) is 4.59. The highest BCUT2D eigenvalue weighted by molar-refractivity contribution is 7.92. The summed E-state index contributed by atoms with van der Waals surface area (Å²) in [7, 11) is -3.36. The maximum atomic E-state index is 11.8. The molecule has 94 valence electrons. The third kappa shape index (κ3) is 2.95. The van der Waals surface area contributed by atoms with E-state index in [0.29, 0.717) is 13.0 Å². The molecule has 0 bridgehead atoms. The summed E-state index contributed by atoms with van der Waals surface area (Å²) >= 11 is 0. The van der Waals surface area contributed by atoms with Crippen molar-refractivity contribution in [2.75, 3.05) is 19.3 Å². The molecule has 1 saturated heterocycles. The topological polar surface area (TPSA) is 74.7 Å². The molecule has 0 saturated carbocycles. The van der Waals surface area contributed by atoms with Crippen LogP contribution in [0.2, 0.25) is 0 Å². The summed E-state index contributed by atoms with van der Waals surface area (Å²) in [5.74, 6) is -0.244. The van der Waals surface area contributed by atoms with Crippen LogP contribution in [0.3, 0.4) is 0 Å². The van der Waals surface area contributed by atoms with Gasteiger partial charge in [-0.2, -0.15) is 0 Å². The summed E-state index contributed by atoms with van der Waals surface area (Å²) in [6, 6.07) is 0. The third-order valence-electron chi connectivity index (χ3n) is 3.22. The van der Waals surface area contributed by atoms with Crippen LogP contribution in [-0.4, -0.2) is 55.0 Å². The lowest BCUT2D eigenvalue weighted by molar-refractivity contribution is -0.134. The van der Waals surface area contributed by atoms with Crippen molar-refractivity contribution >= 4 is 15.7 Å². The number of aliphatic hydroxyl groups excluding tert-OH is 1. The largest absolute Gasteiger partial charge is 0.391 e. The molecular weight excluding hydrogens is 230 g/mol. The van der Waals surface area contributed by atoms with E-state index in [0.717, 1.165) is 6.26 Å². The standard InChI is InChI=1S/C10H19NO4S/c1-7-4-5-11(6-9(7)12)10(13)8(2)16(3,14)15/h7-9,12H,4-6H2,1-3H3. The first-order valence-corrected chi connectivity index (χ1v) is 7.34. The normalized spacial score (nSPS) is 28.9. The molecule has 1 aliphatic heterocycles.